The van der Waals surface area contributed by atoms with E-state index in [9.17, 15) is 20.0 Å². The Morgan fingerprint density at radius 1 is 1.17 bits per heavy atom. The van der Waals surface area contributed by atoms with Crippen molar-refractivity contribution in [1.82, 2.24) is 5.43 Å². The summed E-state index contributed by atoms with van der Waals surface area (Å²) in [5.74, 6) is -0.655. The molecule has 0 saturated carbocycles. The Morgan fingerprint density at radius 2 is 1.78 bits per heavy atom. The summed E-state index contributed by atoms with van der Waals surface area (Å²) in [5, 5.41) is 24.4. The molecule has 0 heterocycles. The minimum atomic E-state index is -1.32. The first-order valence-electron chi connectivity index (χ1n) is 6.81. The molecular weight excluding hydrogens is 298 g/mol. The molecule has 2 rings (SSSR count). The molecule has 0 fully saturated rings. The smallest absolute Gasteiger partial charge is 0.273 e. The summed E-state index contributed by atoms with van der Waals surface area (Å²) in [4.78, 5) is 22.0. The number of non-ortho nitro benzene ring substituents is 1. The number of hydrogen-bond acceptors (Lipinski definition) is 5. The fraction of sp³-hybridized carbons (Fsp3) is 0.125. The van der Waals surface area contributed by atoms with Crippen LogP contribution in [0, 0.1) is 10.1 Å². The molecule has 0 aliphatic carbocycles. The van der Waals surface area contributed by atoms with Gasteiger partial charge in [0.25, 0.3) is 11.6 Å². The van der Waals surface area contributed by atoms with Gasteiger partial charge in [-0.3, -0.25) is 14.9 Å². The molecule has 118 valence electrons. The second-order valence-electron chi connectivity index (χ2n) is 4.79. The van der Waals surface area contributed by atoms with Crippen molar-refractivity contribution in [2.24, 2.45) is 5.10 Å². The summed E-state index contributed by atoms with van der Waals surface area (Å²) >= 11 is 0. The minimum absolute atomic E-state index is 0.0231. The van der Waals surface area contributed by atoms with E-state index >= 15 is 0 Å². The summed E-state index contributed by atoms with van der Waals surface area (Å²) < 4.78 is 0. The van der Waals surface area contributed by atoms with Crippen LogP contribution in [0.4, 0.5) is 5.69 Å². The lowest BCUT2D eigenvalue weighted by Crippen LogP contribution is -2.26. The summed E-state index contributed by atoms with van der Waals surface area (Å²) in [7, 11) is 0. The van der Waals surface area contributed by atoms with Crippen molar-refractivity contribution in [2.75, 3.05) is 0 Å². The maximum absolute atomic E-state index is 11.9. The van der Waals surface area contributed by atoms with E-state index in [1.54, 1.807) is 37.3 Å². The lowest BCUT2D eigenvalue weighted by molar-refractivity contribution is -0.384. The Hall–Kier alpha value is -3.06. The molecule has 0 aliphatic rings. The lowest BCUT2D eigenvalue weighted by Gasteiger charge is -2.09. The number of hydrazone groups is 1. The van der Waals surface area contributed by atoms with Crippen LogP contribution < -0.4 is 5.43 Å². The van der Waals surface area contributed by atoms with Crippen LogP contribution in [0.25, 0.3) is 0 Å². The van der Waals surface area contributed by atoms with Gasteiger partial charge < -0.3 is 5.11 Å². The van der Waals surface area contributed by atoms with Crippen LogP contribution in [0.15, 0.2) is 59.7 Å². The quantitative estimate of drug-likeness (QED) is 0.501. The highest BCUT2D eigenvalue weighted by Gasteiger charge is 2.16. The topological polar surface area (TPSA) is 105 Å². The first-order valence-corrected chi connectivity index (χ1v) is 6.81. The number of hydrogen-bond donors (Lipinski definition) is 2. The highest BCUT2D eigenvalue weighted by atomic mass is 16.6. The Kier molecular flexibility index (Phi) is 5.16. The Labute approximate surface area is 132 Å². The molecule has 0 aliphatic heterocycles. The minimum Gasteiger partial charge on any atom is -0.378 e. The zero-order chi connectivity index (χ0) is 16.8. The van der Waals surface area contributed by atoms with Gasteiger partial charge in [-0.1, -0.05) is 30.3 Å². The van der Waals surface area contributed by atoms with E-state index in [1.165, 1.54) is 24.3 Å². The number of carbonyl (C=O) groups excluding carboxylic acids is 1. The Bertz CT molecular complexity index is 727. The van der Waals surface area contributed by atoms with E-state index in [0.29, 0.717) is 16.8 Å². The van der Waals surface area contributed by atoms with Crippen molar-refractivity contribution in [1.29, 1.82) is 0 Å². The van der Waals surface area contributed by atoms with Gasteiger partial charge in [-0.05, 0) is 30.2 Å². The molecule has 2 aromatic carbocycles. The van der Waals surface area contributed by atoms with E-state index in [-0.39, 0.29) is 5.69 Å². The van der Waals surface area contributed by atoms with Crippen LogP contribution in [-0.4, -0.2) is 21.6 Å². The molecule has 7 heteroatoms. The summed E-state index contributed by atoms with van der Waals surface area (Å²) in [6.45, 7) is 1.65. The lowest BCUT2D eigenvalue weighted by atomic mass is 10.1. The van der Waals surface area contributed by atoms with Crippen LogP contribution >= 0.6 is 0 Å². The molecule has 0 aromatic heterocycles. The third kappa shape index (κ3) is 4.21. The predicted molar refractivity (Wildman–Crippen MR) is 84.9 cm³/mol. The fourth-order valence-electron chi connectivity index (χ4n) is 1.88. The molecule has 1 atom stereocenters. The molecule has 2 N–H and O–H groups in total. The molecule has 2 aromatic rings. The zero-order valence-electron chi connectivity index (χ0n) is 12.3. The average Bonchev–Trinajstić information content (AvgIpc) is 2.59. The number of carbonyl (C=O) groups is 1. The number of nitrogens with zero attached hydrogens (tertiary/aromatic N) is 2. The van der Waals surface area contributed by atoms with Crippen molar-refractivity contribution >= 4 is 17.3 Å². The highest BCUT2D eigenvalue weighted by molar-refractivity contribution is 5.99. The van der Waals surface area contributed by atoms with Gasteiger partial charge in [-0.15, -0.1) is 0 Å². The fourth-order valence-corrected chi connectivity index (χ4v) is 1.88. The maximum atomic E-state index is 11.9. The van der Waals surface area contributed by atoms with E-state index in [0.717, 1.165) is 0 Å². The van der Waals surface area contributed by atoms with Gasteiger partial charge in [0, 0.05) is 12.1 Å². The second kappa shape index (κ2) is 7.28. The first-order chi connectivity index (χ1) is 11.0. The molecule has 0 radical (unpaired) electrons. The number of nitro benzene ring substituents is 1. The molecular formula is C16H15N3O4. The summed E-state index contributed by atoms with van der Waals surface area (Å²) in [5.41, 5.74) is 3.82. The molecule has 0 bridgehead atoms. The van der Waals surface area contributed by atoms with Crippen LogP contribution in [0.1, 0.15) is 24.2 Å². The molecule has 0 spiro atoms. The van der Waals surface area contributed by atoms with Crippen LogP contribution in [0.5, 0.6) is 0 Å². The van der Waals surface area contributed by atoms with E-state index in [4.69, 9.17) is 0 Å². The van der Waals surface area contributed by atoms with E-state index < -0.39 is 16.9 Å². The zero-order valence-corrected chi connectivity index (χ0v) is 12.3. The number of rotatable bonds is 5. The van der Waals surface area contributed by atoms with Gasteiger partial charge in [0.1, 0.15) is 0 Å². The molecule has 1 amide bonds. The Morgan fingerprint density at radius 3 is 2.35 bits per heavy atom. The monoisotopic (exact) mass is 313 g/mol. The van der Waals surface area contributed by atoms with Crippen LogP contribution in [-0.2, 0) is 4.79 Å². The largest absolute Gasteiger partial charge is 0.378 e. The Balaban J connectivity index is 2.04. The molecule has 1 unspecified atom stereocenters. The van der Waals surface area contributed by atoms with Gasteiger partial charge in [0.2, 0.25) is 0 Å². The van der Waals surface area contributed by atoms with Crippen molar-refractivity contribution < 1.29 is 14.8 Å². The maximum Gasteiger partial charge on any atom is 0.273 e. The van der Waals surface area contributed by atoms with Gasteiger partial charge >= 0.3 is 0 Å². The van der Waals surface area contributed by atoms with Crippen molar-refractivity contribution in [3.05, 3.63) is 75.8 Å². The standard InChI is InChI=1S/C16H15N3O4/c1-11(12-7-9-14(10-8-12)19(22)23)17-18-16(21)15(20)13-5-3-2-4-6-13/h2-10,15,20H,1H3,(H,18,21). The second-order valence-corrected chi connectivity index (χ2v) is 4.79. The first kappa shape index (κ1) is 16.3. The van der Waals surface area contributed by atoms with Gasteiger partial charge in [-0.25, -0.2) is 5.43 Å². The van der Waals surface area contributed by atoms with E-state index in [1.807, 2.05) is 0 Å². The summed E-state index contributed by atoms with van der Waals surface area (Å²) in [6.07, 6.45) is -1.32. The predicted octanol–water partition coefficient (Wildman–Crippen LogP) is 2.17. The number of aliphatic hydroxyl groups excluding tert-OH is 1. The average molecular weight is 313 g/mol. The SMILES string of the molecule is CC(=NNC(=O)C(O)c1ccccc1)c1ccc([N+](=O)[O-])cc1. The highest BCUT2D eigenvalue weighted by Crippen LogP contribution is 2.13. The van der Waals surface area contributed by atoms with Crippen LogP contribution in [0.3, 0.4) is 0 Å². The third-order valence-electron chi connectivity index (χ3n) is 3.19. The molecule has 0 saturated heterocycles. The number of benzene rings is 2. The van der Waals surface area contributed by atoms with Gasteiger partial charge in [0.15, 0.2) is 6.10 Å². The molecule has 7 nitrogen and oxygen atoms in total. The van der Waals surface area contributed by atoms with Crippen molar-refractivity contribution in [3.8, 4) is 0 Å². The number of aliphatic hydroxyl groups is 1. The number of nitro groups is 1. The normalized spacial score (nSPS) is 12.5. The van der Waals surface area contributed by atoms with Crippen molar-refractivity contribution in [2.45, 2.75) is 13.0 Å². The molecule has 23 heavy (non-hydrogen) atoms. The van der Waals surface area contributed by atoms with E-state index in [2.05, 4.69) is 10.5 Å². The van der Waals surface area contributed by atoms with Gasteiger partial charge in [-0.2, -0.15) is 5.10 Å². The summed E-state index contributed by atoms with van der Waals surface area (Å²) in [6, 6.07) is 14.3. The third-order valence-corrected chi connectivity index (χ3v) is 3.19. The number of nitrogens with one attached hydrogen (secondary N) is 1. The van der Waals surface area contributed by atoms with Crippen LogP contribution in [0.2, 0.25) is 0 Å². The van der Waals surface area contributed by atoms with Gasteiger partial charge in [0.05, 0.1) is 10.6 Å². The van der Waals surface area contributed by atoms with Crippen molar-refractivity contribution in [3.63, 3.8) is 0 Å². The number of amides is 1.